The Kier molecular flexibility index (Phi) is 6.52. The molecule has 0 radical (unpaired) electrons. The Hall–Kier alpha value is -0.610. The lowest BCUT2D eigenvalue weighted by Crippen LogP contribution is -2.01. The molecular weight excluding hydrogens is 348 g/mol. The van der Waals surface area contributed by atoms with Gasteiger partial charge >= 0.3 is 5.97 Å². The van der Waals surface area contributed by atoms with Gasteiger partial charge in [0.1, 0.15) is 0 Å². The number of esters is 1. The van der Waals surface area contributed by atoms with E-state index in [-0.39, 0.29) is 5.97 Å². The van der Waals surface area contributed by atoms with Crippen LogP contribution in [0.15, 0.2) is 33.2 Å². The number of unbranched alkanes of at least 4 members (excludes halogenated alkanes) is 1. The van der Waals surface area contributed by atoms with Crippen LogP contribution in [-0.4, -0.2) is 12.6 Å². The minimum atomic E-state index is -0.297. The Bertz CT molecular complexity index is 394. The van der Waals surface area contributed by atoms with Crippen molar-refractivity contribution in [1.82, 2.24) is 0 Å². The average Bonchev–Trinajstić information content (AvgIpc) is 2.25. The highest BCUT2D eigenvalue weighted by Crippen LogP contribution is 2.20. The topological polar surface area (TPSA) is 26.3 Å². The van der Waals surface area contributed by atoms with Gasteiger partial charge in [0.05, 0.1) is 6.61 Å². The third kappa shape index (κ3) is 6.03. The van der Waals surface area contributed by atoms with E-state index >= 15 is 0 Å². The second-order valence-electron chi connectivity index (χ2n) is 3.56. The molecule has 17 heavy (non-hydrogen) atoms. The average molecular weight is 362 g/mol. The van der Waals surface area contributed by atoms with Crippen LogP contribution in [0, 0.1) is 0 Å². The SMILES string of the molecule is CCCCOC(=O)/C=C/c1cc(Br)cc(Br)c1. The predicted octanol–water partition coefficient (Wildman–Crippen LogP) is 4.57. The molecule has 0 aliphatic heterocycles. The van der Waals surface area contributed by atoms with Crippen molar-refractivity contribution in [3.05, 3.63) is 38.8 Å². The van der Waals surface area contributed by atoms with Crippen molar-refractivity contribution >= 4 is 43.9 Å². The van der Waals surface area contributed by atoms with Gasteiger partial charge in [-0.1, -0.05) is 45.2 Å². The molecule has 0 spiro atoms. The van der Waals surface area contributed by atoms with Gasteiger partial charge < -0.3 is 4.74 Å². The number of hydrogen-bond donors (Lipinski definition) is 0. The van der Waals surface area contributed by atoms with E-state index in [4.69, 9.17) is 4.74 Å². The molecule has 0 amide bonds. The summed E-state index contributed by atoms with van der Waals surface area (Å²) in [7, 11) is 0. The molecule has 0 unspecified atom stereocenters. The van der Waals surface area contributed by atoms with E-state index in [0.717, 1.165) is 27.4 Å². The third-order valence-corrected chi connectivity index (χ3v) is 2.95. The number of benzene rings is 1. The number of hydrogen-bond acceptors (Lipinski definition) is 2. The number of carbonyl (C=O) groups is 1. The summed E-state index contributed by atoms with van der Waals surface area (Å²) < 4.78 is 6.94. The molecule has 1 aromatic rings. The maximum atomic E-state index is 11.3. The fraction of sp³-hybridized carbons (Fsp3) is 0.308. The van der Waals surface area contributed by atoms with Crippen molar-refractivity contribution in [2.24, 2.45) is 0 Å². The van der Waals surface area contributed by atoms with Crippen LogP contribution in [-0.2, 0) is 9.53 Å². The van der Waals surface area contributed by atoms with Gasteiger partial charge in [-0.25, -0.2) is 4.79 Å². The Morgan fingerprint density at radius 2 is 1.94 bits per heavy atom. The lowest BCUT2D eigenvalue weighted by Gasteiger charge is -2.00. The summed E-state index contributed by atoms with van der Waals surface area (Å²) in [5.74, 6) is -0.297. The van der Waals surface area contributed by atoms with Gasteiger partial charge in [-0.15, -0.1) is 0 Å². The standard InChI is InChI=1S/C13H14Br2O2/c1-2-3-6-17-13(16)5-4-10-7-11(14)9-12(15)8-10/h4-5,7-9H,2-3,6H2,1H3/b5-4+. The van der Waals surface area contributed by atoms with Gasteiger partial charge in [0.15, 0.2) is 0 Å². The molecule has 0 aromatic heterocycles. The van der Waals surface area contributed by atoms with Gasteiger partial charge in [0.2, 0.25) is 0 Å². The molecule has 0 saturated heterocycles. The summed E-state index contributed by atoms with van der Waals surface area (Å²) in [6, 6.07) is 5.80. The molecule has 0 atom stereocenters. The summed E-state index contributed by atoms with van der Waals surface area (Å²) in [6.07, 6.45) is 5.12. The molecule has 0 bridgehead atoms. The number of ether oxygens (including phenoxy) is 1. The van der Waals surface area contributed by atoms with E-state index in [1.54, 1.807) is 6.08 Å². The van der Waals surface area contributed by atoms with Gasteiger partial charge in [0.25, 0.3) is 0 Å². The minimum absolute atomic E-state index is 0.297. The van der Waals surface area contributed by atoms with Crippen LogP contribution in [0.5, 0.6) is 0 Å². The fourth-order valence-electron chi connectivity index (χ4n) is 1.20. The van der Waals surface area contributed by atoms with Crippen molar-refractivity contribution in [2.45, 2.75) is 19.8 Å². The molecule has 0 fully saturated rings. The predicted molar refractivity (Wildman–Crippen MR) is 76.7 cm³/mol. The smallest absolute Gasteiger partial charge is 0.330 e. The first-order chi connectivity index (χ1) is 8.11. The molecule has 0 saturated carbocycles. The first kappa shape index (κ1) is 14.5. The zero-order valence-corrected chi connectivity index (χ0v) is 12.8. The van der Waals surface area contributed by atoms with Crippen molar-refractivity contribution < 1.29 is 9.53 Å². The highest BCUT2D eigenvalue weighted by molar-refractivity contribution is 9.11. The largest absolute Gasteiger partial charge is 0.463 e. The molecular formula is C13H14Br2O2. The fourth-order valence-corrected chi connectivity index (χ4v) is 2.53. The lowest BCUT2D eigenvalue weighted by molar-refractivity contribution is -0.137. The molecule has 0 heterocycles. The van der Waals surface area contributed by atoms with Crippen molar-refractivity contribution in [2.75, 3.05) is 6.61 Å². The van der Waals surface area contributed by atoms with Crippen molar-refractivity contribution in [1.29, 1.82) is 0 Å². The quantitative estimate of drug-likeness (QED) is 0.436. The van der Waals surface area contributed by atoms with E-state index in [2.05, 4.69) is 38.8 Å². The maximum Gasteiger partial charge on any atom is 0.330 e. The molecule has 92 valence electrons. The van der Waals surface area contributed by atoms with E-state index in [1.807, 2.05) is 18.2 Å². The molecule has 2 nitrogen and oxygen atoms in total. The number of halogens is 2. The zero-order chi connectivity index (χ0) is 12.7. The second kappa shape index (κ2) is 7.67. The molecule has 0 aliphatic carbocycles. The van der Waals surface area contributed by atoms with Crippen LogP contribution in [0.2, 0.25) is 0 Å². The molecule has 0 aliphatic rings. The third-order valence-electron chi connectivity index (χ3n) is 2.04. The van der Waals surface area contributed by atoms with Crippen LogP contribution < -0.4 is 0 Å². The minimum Gasteiger partial charge on any atom is -0.463 e. The highest BCUT2D eigenvalue weighted by atomic mass is 79.9. The van der Waals surface area contributed by atoms with Gasteiger partial charge in [-0.2, -0.15) is 0 Å². The molecule has 1 aromatic carbocycles. The molecule has 0 N–H and O–H groups in total. The Morgan fingerprint density at radius 1 is 1.29 bits per heavy atom. The number of rotatable bonds is 5. The van der Waals surface area contributed by atoms with Crippen LogP contribution in [0.4, 0.5) is 0 Å². The summed E-state index contributed by atoms with van der Waals surface area (Å²) >= 11 is 6.78. The van der Waals surface area contributed by atoms with Crippen LogP contribution in [0.25, 0.3) is 6.08 Å². The monoisotopic (exact) mass is 360 g/mol. The van der Waals surface area contributed by atoms with Crippen molar-refractivity contribution in [3.8, 4) is 0 Å². The van der Waals surface area contributed by atoms with E-state index < -0.39 is 0 Å². The van der Waals surface area contributed by atoms with Crippen LogP contribution in [0.3, 0.4) is 0 Å². The Morgan fingerprint density at radius 3 is 2.53 bits per heavy atom. The Balaban J connectivity index is 2.54. The second-order valence-corrected chi connectivity index (χ2v) is 5.39. The molecule has 4 heteroatoms. The normalized spacial score (nSPS) is 10.8. The van der Waals surface area contributed by atoms with Gasteiger partial charge in [0, 0.05) is 15.0 Å². The summed E-state index contributed by atoms with van der Waals surface area (Å²) in [5, 5.41) is 0. The zero-order valence-electron chi connectivity index (χ0n) is 9.58. The lowest BCUT2D eigenvalue weighted by atomic mass is 10.2. The summed E-state index contributed by atoms with van der Waals surface area (Å²) in [5.41, 5.74) is 0.943. The van der Waals surface area contributed by atoms with E-state index in [9.17, 15) is 4.79 Å². The van der Waals surface area contributed by atoms with E-state index in [1.165, 1.54) is 6.08 Å². The van der Waals surface area contributed by atoms with Gasteiger partial charge in [-0.3, -0.25) is 0 Å². The van der Waals surface area contributed by atoms with Gasteiger partial charge in [-0.05, 0) is 36.3 Å². The maximum absolute atomic E-state index is 11.3. The first-order valence-corrected chi connectivity index (χ1v) is 7.01. The highest BCUT2D eigenvalue weighted by Gasteiger charge is 1.98. The van der Waals surface area contributed by atoms with Crippen molar-refractivity contribution in [3.63, 3.8) is 0 Å². The molecule has 1 rings (SSSR count). The van der Waals surface area contributed by atoms with Crippen LogP contribution in [0.1, 0.15) is 25.3 Å². The van der Waals surface area contributed by atoms with Crippen LogP contribution >= 0.6 is 31.9 Å². The first-order valence-electron chi connectivity index (χ1n) is 5.42. The summed E-state index contributed by atoms with van der Waals surface area (Å²) in [6.45, 7) is 2.55. The summed E-state index contributed by atoms with van der Waals surface area (Å²) in [4.78, 5) is 11.3. The Labute approximate surface area is 118 Å². The number of carbonyl (C=O) groups excluding carboxylic acids is 1. The van der Waals surface area contributed by atoms with E-state index in [0.29, 0.717) is 6.61 Å².